The lowest BCUT2D eigenvalue weighted by Crippen LogP contribution is -2.23. The van der Waals surface area contributed by atoms with Crippen molar-refractivity contribution in [2.75, 3.05) is 0 Å². The number of aliphatic hydroxyl groups is 1. The molecule has 24 heavy (non-hydrogen) atoms. The van der Waals surface area contributed by atoms with Gasteiger partial charge in [-0.05, 0) is 16.7 Å². The maximum Gasteiger partial charge on any atom is 0.273 e. The topological polar surface area (TPSA) is 80.0 Å². The van der Waals surface area contributed by atoms with E-state index in [0.29, 0.717) is 13.1 Å². The standard InChI is InChI=1S/C18H18N4O2/c23-13-16-9-5-4-8-15(16)10-19-18(24)17-12-22(21-20-17)11-14-6-2-1-3-7-14/h1-9,12,23H,10-11,13H2,(H,19,24). The number of nitrogens with zero attached hydrogens (tertiary/aromatic N) is 3. The monoisotopic (exact) mass is 322 g/mol. The molecule has 0 aliphatic carbocycles. The van der Waals surface area contributed by atoms with Crippen LogP contribution in [0.25, 0.3) is 0 Å². The van der Waals surface area contributed by atoms with Gasteiger partial charge < -0.3 is 10.4 Å². The van der Waals surface area contributed by atoms with Gasteiger partial charge in [0, 0.05) is 6.54 Å². The molecule has 122 valence electrons. The summed E-state index contributed by atoms with van der Waals surface area (Å²) in [4.78, 5) is 12.2. The summed E-state index contributed by atoms with van der Waals surface area (Å²) < 4.78 is 1.63. The van der Waals surface area contributed by atoms with Crippen LogP contribution in [0, 0.1) is 0 Å². The molecule has 0 spiro atoms. The molecule has 1 aromatic heterocycles. The predicted octanol–water partition coefficient (Wildman–Crippen LogP) is 1.75. The molecule has 0 radical (unpaired) electrons. The highest BCUT2D eigenvalue weighted by molar-refractivity contribution is 5.91. The van der Waals surface area contributed by atoms with Gasteiger partial charge >= 0.3 is 0 Å². The van der Waals surface area contributed by atoms with Gasteiger partial charge in [-0.1, -0.05) is 59.8 Å². The highest BCUT2D eigenvalue weighted by atomic mass is 16.3. The van der Waals surface area contributed by atoms with Gasteiger partial charge in [0.05, 0.1) is 19.3 Å². The van der Waals surface area contributed by atoms with Crippen LogP contribution in [0.2, 0.25) is 0 Å². The van der Waals surface area contributed by atoms with Crippen molar-refractivity contribution in [1.82, 2.24) is 20.3 Å². The van der Waals surface area contributed by atoms with Gasteiger partial charge in [0.1, 0.15) is 0 Å². The van der Waals surface area contributed by atoms with E-state index in [1.54, 1.807) is 10.9 Å². The zero-order chi connectivity index (χ0) is 16.8. The van der Waals surface area contributed by atoms with Crippen LogP contribution in [0.15, 0.2) is 60.8 Å². The smallest absolute Gasteiger partial charge is 0.273 e. The quantitative estimate of drug-likeness (QED) is 0.724. The molecular formula is C18H18N4O2. The first-order valence-corrected chi connectivity index (χ1v) is 7.66. The van der Waals surface area contributed by atoms with Crippen molar-refractivity contribution in [3.63, 3.8) is 0 Å². The molecule has 0 aliphatic heterocycles. The average molecular weight is 322 g/mol. The van der Waals surface area contributed by atoms with E-state index in [9.17, 15) is 9.90 Å². The van der Waals surface area contributed by atoms with Crippen molar-refractivity contribution < 1.29 is 9.90 Å². The Kier molecular flexibility index (Phi) is 4.98. The molecule has 0 saturated heterocycles. The number of rotatable bonds is 6. The highest BCUT2D eigenvalue weighted by Crippen LogP contribution is 2.08. The third-order valence-corrected chi connectivity index (χ3v) is 3.69. The van der Waals surface area contributed by atoms with Crippen molar-refractivity contribution in [2.45, 2.75) is 19.7 Å². The predicted molar refractivity (Wildman–Crippen MR) is 89.1 cm³/mol. The van der Waals surface area contributed by atoms with E-state index >= 15 is 0 Å². The molecule has 1 amide bonds. The summed E-state index contributed by atoms with van der Waals surface area (Å²) in [6, 6.07) is 17.3. The molecule has 3 rings (SSSR count). The van der Waals surface area contributed by atoms with Gasteiger partial charge in [-0.15, -0.1) is 5.10 Å². The Morgan fingerprint density at radius 1 is 1.04 bits per heavy atom. The number of carbonyl (C=O) groups excluding carboxylic acids is 1. The fraction of sp³-hybridized carbons (Fsp3) is 0.167. The largest absolute Gasteiger partial charge is 0.392 e. The first-order valence-electron chi connectivity index (χ1n) is 7.66. The van der Waals surface area contributed by atoms with Crippen LogP contribution in [0.5, 0.6) is 0 Å². The van der Waals surface area contributed by atoms with E-state index in [1.807, 2.05) is 54.6 Å². The van der Waals surface area contributed by atoms with Crippen LogP contribution in [-0.4, -0.2) is 26.0 Å². The first-order chi connectivity index (χ1) is 11.8. The van der Waals surface area contributed by atoms with Crippen LogP contribution in [0.1, 0.15) is 27.2 Å². The van der Waals surface area contributed by atoms with Crippen molar-refractivity contribution in [2.24, 2.45) is 0 Å². The maximum absolute atomic E-state index is 12.2. The van der Waals surface area contributed by atoms with Crippen molar-refractivity contribution in [3.05, 3.63) is 83.2 Å². The van der Waals surface area contributed by atoms with Crippen molar-refractivity contribution in [1.29, 1.82) is 0 Å². The normalized spacial score (nSPS) is 10.5. The maximum atomic E-state index is 12.2. The second-order valence-electron chi connectivity index (χ2n) is 5.40. The summed E-state index contributed by atoms with van der Waals surface area (Å²) in [6.45, 7) is 0.842. The second kappa shape index (κ2) is 7.52. The third kappa shape index (κ3) is 3.85. The van der Waals surface area contributed by atoms with Gasteiger partial charge in [-0.2, -0.15) is 0 Å². The van der Waals surface area contributed by atoms with Gasteiger partial charge in [0.2, 0.25) is 0 Å². The molecule has 0 atom stereocenters. The van der Waals surface area contributed by atoms with Gasteiger partial charge in [0.25, 0.3) is 5.91 Å². The van der Waals surface area contributed by atoms with Gasteiger partial charge in [-0.25, -0.2) is 4.68 Å². The van der Waals surface area contributed by atoms with Crippen molar-refractivity contribution in [3.8, 4) is 0 Å². The minimum Gasteiger partial charge on any atom is -0.392 e. The zero-order valence-corrected chi connectivity index (χ0v) is 13.1. The molecule has 0 fully saturated rings. The van der Waals surface area contributed by atoms with E-state index < -0.39 is 0 Å². The lowest BCUT2D eigenvalue weighted by molar-refractivity contribution is 0.0945. The Balaban J connectivity index is 1.61. The third-order valence-electron chi connectivity index (χ3n) is 3.69. The van der Waals surface area contributed by atoms with E-state index in [1.165, 1.54) is 0 Å². The highest BCUT2D eigenvalue weighted by Gasteiger charge is 2.11. The fourth-order valence-electron chi connectivity index (χ4n) is 2.40. The summed E-state index contributed by atoms with van der Waals surface area (Å²) in [5.41, 5.74) is 3.04. The molecule has 6 heteroatoms. The number of carbonyl (C=O) groups is 1. The molecule has 3 aromatic rings. The molecule has 1 heterocycles. The lowest BCUT2D eigenvalue weighted by atomic mass is 10.1. The van der Waals surface area contributed by atoms with Gasteiger partial charge in [-0.3, -0.25) is 4.79 Å². The summed E-state index contributed by atoms with van der Waals surface area (Å²) in [5.74, 6) is -0.290. The minimum absolute atomic E-state index is 0.0562. The van der Waals surface area contributed by atoms with E-state index in [2.05, 4.69) is 15.6 Å². The van der Waals surface area contributed by atoms with Crippen molar-refractivity contribution >= 4 is 5.91 Å². The molecule has 6 nitrogen and oxygen atoms in total. The number of nitrogens with one attached hydrogen (secondary N) is 1. The molecule has 0 unspecified atom stereocenters. The number of benzene rings is 2. The van der Waals surface area contributed by atoms with Crippen LogP contribution >= 0.6 is 0 Å². The number of hydrogen-bond acceptors (Lipinski definition) is 4. The fourth-order valence-corrected chi connectivity index (χ4v) is 2.40. The lowest BCUT2D eigenvalue weighted by Gasteiger charge is -2.07. The Labute approximate surface area is 139 Å². The van der Waals surface area contributed by atoms with Crippen LogP contribution in [0.3, 0.4) is 0 Å². The average Bonchev–Trinajstić information content (AvgIpc) is 3.09. The summed E-state index contributed by atoms with van der Waals surface area (Å²) in [6.07, 6.45) is 1.63. The number of amides is 1. The molecule has 0 saturated carbocycles. The molecular weight excluding hydrogens is 304 g/mol. The Bertz CT molecular complexity index is 815. The van der Waals surface area contributed by atoms with Crippen LogP contribution in [-0.2, 0) is 19.7 Å². The summed E-state index contributed by atoms with van der Waals surface area (Å²) in [5, 5.41) is 20.0. The zero-order valence-electron chi connectivity index (χ0n) is 13.1. The van der Waals surface area contributed by atoms with E-state index in [4.69, 9.17) is 0 Å². The SMILES string of the molecule is O=C(NCc1ccccc1CO)c1cn(Cc2ccccc2)nn1. The van der Waals surface area contributed by atoms with Gasteiger partial charge in [0.15, 0.2) is 5.69 Å². The van der Waals surface area contributed by atoms with E-state index in [-0.39, 0.29) is 18.2 Å². The Morgan fingerprint density at radius 2 is 1.75 bits per heavy atom. The molecule has 2 aromatic carbocycles. The number of hydrogen-bond donors (Lipinski definition) is 2. The Morgan fingerprint density at radius 3 is 2.50 bits per heavy atom. The summed E-state index contributed by atoms with van der Waals surface area (Å²) >= 11 is 0. The second-order valence-corrected chi connectivity index (χ2v) is 5.40. The van der Waals surface area contributed by atoms with Crippen LogP contribution < -0.4 is 5.32 Å². The van der Waals surface area contributed by atoms with Crippen LogP contribution in [0.4, 0.5) is 0 Å². The first kappa shape index (κ1) is 15.9. The molecule has 0 aliphatic rings. The number of aliphatic hydroxyl groups excluding tert-OH is 1. The summed E-state index contributed by atoms with van der Waals surface area (Å²) in [7, 11) is 0. The molecule has 0 bridgehead atoms. The number of aromatic nitrogens is 3. The molecule has 2 N–H and O–H groups in total. The minimum atomic E-state index is -0.290. The Hall–Kier alpha value is -2.99. The van der Waals surface area contributed by atoms with E-state index in [0.717, 1.165) is 16.7 Å².